The van der Waals surface area contributed by atoms with Crippen LogP contribution in [0.3, 0.4) is 0 Å². The van der Waals surface area contributed by atoms with Gasteiger partial charge in [-0.25, -0.2) is 4.98 Å². The fourth-order valence-electron chi connectivity index (χ4n) is 2.82. The van der Waals surface area contributed by atoms with Crippen LogP contribution in [0.4, 0.5) is 5.69 Å². The number of rotatable bonds is 2. The zero-order chi connectivity index (χ0) is 14.2. The van der Waals surface area contributed by atoms with Gasteiger partial charge in [0.15, 0.2) is 0 Å². The van der Waals surface area contributed by atoms with E-state index in [-0.39, 0.29) is 11.1 Å². The van der Waals surface area contributed by atoms with Crippen LogP contribution in [0.15, 0.2) is 29.3 Å². The topological polar surface area (TPSA) is 75.0 Å². The van der Waals surface area contributed by atoms with Gasteiger partial charge in [-0.2, -0.15) is 0 Å². The van der Waals surface area contributed by atoms with Crippen molar-refractivity contribution in [1.82, 2.24) is 9.97 Å². The maximum absolute atomic E-state index is 11.7. The monoisotopic (exact) mass is 272 g/mol. The standard InChI is InChI=1S/C15H20N4O/c1-2-15(16)5-7-19(8-6-15)11-3-4-12-13(9-11)17-10-18-14(12)20/h3-4,9-10H,2,5-8,16H2,1H3,(H,17,18,20). The minimum absolute atomic E-state index is 0.0112. The number of benzene rings is 1. The number of nitrogens with two attached hydrogens (primary N) is 1. The molecule has 1 fully saturated rings. The number of nitrogens with one attached hydrogen (secondary N) is 1. The first-order valence-corrected chi connectivity index (χ1v) is 7.13. The highest BCUT2D eigenvalue weighted by atomic mass is 16.1. The molecule has 1 aromatic carbocycles. The van der Waals surface area contributed by atoms with Crippen molar-refractivity contribution < 1.29 is 0 Å². The lowest BCUT2D eigenvalue weighted by Gasteiger charge is -2.39. The van der Waals surface area contributed by atoms with Crippen molar-refractivity contribution in [3.05, 3.63) is 34.9 Å². The molecule has 0 atom stereocenters. The van der Waals surface area contributed by atoms with Gasteiger partial charge in [0, 0.05) is 24.3 Å². The molecule has 2 heterocycles. The van der Waals surface area contributed by atoms with Crippen molar-refractivity contribution in [2.75, 3.05) is 18.0 Å². The van der Waals surface area contributed by atoms with E-state index in [1.165, 1.54) is 6.33 Å². The van der Waals surface area contributed by atoms with Crippen LogP contribution in [0.1, 0.15) is 26.2 Å². The first-order chi connectivity index (χ1) is 9.61. The van der Waals surface area contributed by atoms with Gasteiger partial charge in [-0.05, 0) is 37.5 Å². The fraction of sp³-hybridized carbons (Fsp3) is 0.467. The molecule has 0 saturated carbocycles. The summed E-state index contributed by atoms with van der Waals surface area (Å²) in [7, 11) is 0. The van der Waals surface area contributed by atoms with E-state index in [0.29, 0.717) is 5.39 Å². The van der Waals surface area contributed by atoms with Gasteiger partial charge in [-0.3, -0.25) is 4.79 Å². The van der Waals surface area contributed by atoms with E-state index in [9.17, 15) is 4.79 Å². The van der Waals surface area contributed by atoms with Crippen LogP contribution in [0, 0.1) is 0 Å². The second-order valence-electron chi connectivity index (χ2n) is 5.64. The zero-order valence-electron chi connectivity index (χ0n) is 11.7. The van der Waals surface area contributed by atoms with Crippen LogP contribution in [-0.2, 0) is 0 Å². The van der Waals surface area contributed by atoms with Gasteiger partial charge in [-0.1, -0.05) is 6.92 Å². The zero-order valence-corrected chi connectivity index (χ0v) is 11.7. The molecule has 1 aliphatic heterocycles. The minimum Gasteiger partial charge on any atom is -0.371 e. The third kappa shape index (κ3) is 2.29. The van der Waals surface area contributed by atoms with E-state index in [1.54, 1.807) is 0 Å². The summed E-state index contributed by atoms with van der Waals surface area (Å²) in [4.78, 5) is 20.8. The highest BCUT2D eigenvalue weighted by Crippen LogP contribution is 2.27. The summed E-state index contributed by atoms with van der Waals surface area (Å²) in [5.74, 6) is 0. The molecule has 3 rings (SSSR count). The van der Waals surface area contributed by atoms with E-state index in [2.05, 4.69) is 21.8 Å². The van der Waals surface area contributed by atoms with E-state index < -0.39 is 0 Å². The van der Waals surface area contributed by atoms with E-state index in [4.69, 9.17) is 5.73 Å². The van der Waals surface area contributed by atoms with Crippen LogP contribution >= 0.6 is 0 Å². The molecule has 0 bridgehead atoms. The SMILES string of the molecule is CCC1(N)CCN(c2ccc3c(=O)[nH]cnc3c2)CC1. The molecular weight excluding hydrogens is 252 g/mol. The highest BCUT2D eigenvalue weighted by Gasteiger charge is 2.28. The molecule has 1 aliphatic rings. The van der Waals surface area contributed by atoms with Crippen molar-refractivity contribution in [3.8, 4) is 0 Å². The molecule has 0 unspecified atom stereocenters. The van der Waals surface area contributed by atoms with Gasteiger partial charge < -0.3 is 15.6 Å². The Hall–Kier alpha value is -1.88. The van der Waals surface area contributed by atoms with Crippen LogP contribution in [0.2, 0.25) is 0 Å². The number of piperidine rings is 1. The Kier molecular flexibility index (Phi) is 3.22. The molecular formula is C15H20N4O. The van der Waals surface area contributed by atoms with E-state index >= 15 is 0 Å². The number of anilines is 1. The van der Waals surface area contributed by atoms with Gasteiger partial charge in [0.05, 0.1) is 17.2 Å². The molecule has 106 valence electrons. The quantitative estimate of drug-likeness (QED) is 0.871. The van der Waals surface area contributed by atoms with Gasteiger partial charge in [-0.15, -0.1) is 0 Å². The second kappa shape index (κ2) is 4.90. The van der Waals surface area contributed by atoms with Crippen molar-refractivity contribution in [2.45, 2.75) is 31.7 Å². The lowest BCUT2D eigenvalue weighted by Crippen LogP contribution is -2.50. The molecule has 3 N–H and O–H groups in total. The largest absolute Gasteiger partial charge is 0.371 e. The summed E-state index contributed by atoms with van der Waals surface area (Å²) in [5.41, 5.74) is 8.08. The van der Waals surface area contributed by atoms with Crippen LogP contribution < -0.4 is 16.2 Å². The number of fused-ring (bicyclic) bond motifs is 1. The Morgan fingerprint density at radius 3 is 2.85 bits per heavy atom. The molecule has 0 radical (unpaired) electrons. The Bertz CT molecular complexity index is 671. The lowest BCUT2D eigenvalue weighted by atomic mass is 9.86. The smallest absolute Gasteiger partial charge is 0.258 e. The molecule has 0 amide bonds. The van der Waals surface area contributed by atoms with Gasteiger partial charge in [0.2, 0.25) is 0 Å². The first kappa shape index (κ1) is 13.1. The minimum atomic E-state index is -0.0906. The average Bonchev–Trinajstić information content (AvgIpc) is 2.48. The second-order valence-corrected chi connectivity index (χ2v) is 5.64. The van der Waals surface area contributed by atoms with Crippen molar-refractivity contribution in [3.63, 3.8) is 0 Å². The molecule has 2 aromatic rings. The van der Waals surface area contributed by atoms with Crippen LogP contribution in [0.25, 0.3) is 10.9 Å². The molecule has 5 heteroatoms. The van der Waals surface area contributed by atoms with Gasteiger partial charge in [0.1, 0.15) is 0 Å². The summed E-state index contributed by atoms with van der Waals surface area (Å²) in [5, 5.41) is 0.634. The molecule has 20 heavy (non-hydrogen) atoms. The highest BCUT2D eigenvalue weighted by molar-refractivity contribution is 5.81. The van der Waals surface area contributed by atoms with E-state index in [1.807, 2.05) is 18.2 Å². The van der Waals surface area contributed by atoms with Crippen LogP contribution in [-0.4, -0.2) is 28.6 Å². The van der Waals surface area contributed by atoms with Gasteiger partial charge >= 0.3 is 0 Å². The maximum atomic E-state index is 11.7. The Morgan fingerprint density at radius 1 is 1.40 bits per heavy atom. The molecule has 1 saturated heterocycles. The fourth-order valence-corrected chi connectivity index (χ4v) is 2.82. The molecule has 0 spiro atoms. The summed E-state index contributed by atoms with van der Waals surface area (Å²) in [6.07, 6.45) is 4.48. The first-order valence-electron chi connectivity index (χ1n) is 7.13. The Morgan fingerprint density at radius 2 is 2.15 bits per heavy atom. The number of hydrogen-bond acceptors (Lipinski definition) is 4. The molecule has 1 aromatic heterocycles. The van der Waals surface area contributed by atoms with E-state index in [0.717, 1.165) is 43.6 Å². The lowest BCUT2D eigenvalue weighted by molar-refractivity contribution is 0.323. The molecule has 0 aliphatic carbocycles. The summed E-state index contributed by atoms with van der Waals surface area (Å²) in [6, 6.07) is 5.83. The Balaban J connectivity index is 1.87. The average molecular weight is 272 g/mol. The number of hydrogen-bond donors (Lipinski definition) is 2. The van der Waals surface area contributed by atoms with Crippen LogP contribution in [0.5, 0.6) is 0 Å². The maximum Gasteiger partial charge on any atom is 0.258 e. The normalized spacial score (nSPS) is 18.4. The number of H-pyrrole nitrogens is 1. The number of aromatic amines is 1. The number of nitrogens with zero attached hydrogens (tertiary/aromatic N) is 2. The Labute approximate surface area is 117 Å². The summed E-state index contributed by atoms with van der Waals surface area (Å²) in [6.45, 7) is 4.07. The molecule has 5 nitrogen and oxygen atoms in total. The van der Waals surface area contributed by atoms with Crippen molar-refractivity contribution in [2.24, 2.45) is 5.73 Å². The third-order valence-electron chi connectivity index (χ3n) is 4.45. The summed E-state index contributed by atoms with van der Waals surface area (Å²) >= 11 is 0. The van der Waals surface area contributed by atoms with Gasteiger partial charge in [0.25, 0.3) is 5.56 Å². The third-order valence-corrected chi connectivity index (χ3v) is 4.45. The van der Waals surface area contributed by atoms with Crippen molar-refractivity contribution >= 4 is 16.6 Å². The predicted octanol–water partition coefficient (Wildman–Crippen LogP) is 1.63. The van der Waals surface area contributed by atoms with Crippen molar-refractivity contribution in [1.29, 1.82) is 0 Å². The number of aromatic nitrogens is 2. The summed E-state index contributed by atoms with van der Waals surface area (Å²) < 4.78 is 0. The predicted molar refractivity (Wildman–Crippen MR) is 81.0 cm³/mol.